The van der Waals surface area contributed by atoms with Gasteiger partial charge in [-0.15, -0.1) is 24.0 Å². The zero-order valence-corrected chi connectivity index (χ0v) is 17.0. The van der Waals surface area contributed by atoms with Gasteiger partial charge < -0.3 is 15.4 Å². The Morgan fingerprint density at radius 3 is 2.62 bits per heavy atom. The van der Waals surface area contributed by atoms with Crippen molar-refractivity contribution in [3.05, 3.63) is 35.1 Å². The van der Waals surface area contributed by atoms with Crippen LogP contribution in [0.5, 0.6) is 0 Å². The van der Waals surface area contributed by atoms with E-state index in [2.05, 4.69) is 15.6 Å². The maximum Gasteiger partial charge on any atom is 0.307 e. The Kier molecular flexibility index (Phi) is 11.4. The number of carbonyl (C=O) groups is 1. The molecular formula is C17H27FIN3O2. The topological polar surface area (TPSA) is 62.7 Å². The van der Waals surface area contributed by atoms with Gasteiger partial charge in [0.25, 0.3) is 0 Å². The maximum absolute atomic E-state index is 13.5. The second-order valence-corrected chi connectivity index (χ2v) is 5.49. The molecule has 0 radical (unpaired) electrons. The zero-order chi connectivity index (χ0) is 17.2. The summed E-state index contributed by atoms with van der Waals surface area (Å²) in [5.41, 5.74) is 1.41. The van der Waals surface area contributed by atoms with Gasteiger partial charge in [0.2, 0.25) is 0 Å². The van der Waals surface area contributed by atoms with Gasteiger partial charge in [-0.3, -0.25) is 4.79 Å². The van der Waals surface area contributed by atoms with E-state index in [0.717, 1.165) is 5.56 Å². The van der Waals surface area contributed by atoms with Gasteiger partial charge in [-0.2, -0.15) is 0 Å². The minimum absolute atomic E-state index is 0. The maximum atomic E-state index is 13.5. The van der Waals surface area contributed by atoms with Crippen molar-refractivity contribution in [1.29, 1.82) is 0 Å². The highest BCUT2D eigenvalue weighted by atomic mass is 127. The summed E-state index contributed by atoms with van der Waals surface area (Å²) in [6.07, 6.45) is 0.155. The molecule has 136 valence electrons. The normalized spacial score (nSPS) is 11.0. The first-order chi connectivity index (χ1) is 10.9. The van der Waals surface area contributed by atoms with E-state index in [1.165, 1.54) is 6.07 Å². The van der Waals surface area contributed by atoms with Crippen LogP contribution in [0.3, 0.4) is 0 Å². The summed E-state index contributed by atoms with van der Waals surface area (Å²) < 4.78 is 18.6. The molecule has 5 nitrogen and oxygen atoms in total. The van der Waals surface area contributed by atoms with Crippen molar-refractivity contribution in [2.24, 2.45) is 4.99 Å². The third-order valence-electron chi connectivity index (χ3n) is 2.99. The molecule has 0 fully saturated rings. The number of aliphatic imine (C=N–C) groups is 1. The van der Waals surface area contributed by atoms with Crippen molar-refractivity contribution in [1.82, 2.24) is 10.6 Å². The lowest BCUT2D eigenvalue weighted by atomic mass is 10.1. The summed E-state index contributed by atoms with van der Waals surface area (Å²) in [7, 11) is 0. The zero-order valence-electron chi connectivity index (χ0n) is 14.7. The second kappa shape index (κ2) is 12.0. The Hall–Kier alpha value is -1.38. The molecule has 1 rings (SSSR count). The predicted octanol–water partition coefficient (Wildman–Crippen LogP) is 3.15. The molecule has 0 aliphatic carbocycles. The van der Waals surface area contributed by atoms with Gasteiger partial charge in [0.05, 0.1) is 19.1 Å². The van der Waals surface area contributed by atoms with Crippen LogP contribution in [0, 0.1) is 12.7 Å². The van der Waals surface area contributed by atoms with Crippen molar-refractivity contribution in [3.8, 4) is 0 Å². The third-order valence-corrected chi connectivity index (χ3v) is 2.99. The smallest absolute Gasteiger partial charge is 0.307 e. The fourth-order valence-electron chi connectivity index (χ4n) is 1.85. The Bertz CT molecular complexity index is 551. The minimum atomic E-state index is -0.246. The first-order valence-electron chi connectivity index (χ1n) is 7.89. The standard InChI is InChI=1S/C17H26FN3O2.HI/c1-5-19-17(20-9-8-16(22)23-12(2)3)21-11-14-7-6-13(4)15(18)10-14;/h6-7,10,12H,5,8-9,11H2,1-4H3,(H2,19,20,21);1H. The van der Waals surface area contributed by atoms with Crippen molar-refractivity contribution in [3.63, 3.8) is 0 Å². The summed E-state index contributed by atoms with van der Waals surface area (Å²) in [6.45, 7) is 8.81. The van der Waals surface area contributed by atoms with Crippen LogP contribution >= 0.6 is 24.0 Å². The molecule has 0 unspecified atom stereocenters. The van der Waals surface area contributed by atoms with E-state index in [0.29, 0.717) is 31.2 Å². The molecule has 0 spiro atoms. The van der Waals surface area contributed by atoms with Crippen LogP contribution in [-0.4, -0.2) is 31.1 Å². The van der Waals surface area contributed by atoms with E-state index < -0.39 is 0 Å². The van der Waals surface area contributed by atoms with Crippen molar-refractivity contribution in [2.75, 3.05) is 13.1 Å². The SMILES string of the molecule is CCNC(=NCc1ccc(C)c(F)c1)NCCC(=O)OC(C)C.I. The molecule has 1 aromatic carbocycles. The lowest BCUT2D eigenvalue weighted by molar-refractivity contribution is -0.147. The van der Waals surface area contributed by atoms with Crippen LogP contribution in [0.1, 0.15) is 38.3 Å². The number of hydrogen-bond acceptors (Lipinski definition) is 3. The van der Waals surface area contributed by atoms with Gasteiger partial charge in [-0.25, -0.2) is 9.38 Å². The predicted molar refractivity (Wildman–Crippen MR) is 105 cm³/mol. The van der Waals surface area contributed by atoms with Gasteiger partial charge in [0.15, 0.2) is 5.96 Å². The summed E-state index contributed by atoms with van der Waals surface area (Å²) >= 11 is 0. The number of esters is 1. The van der Waals surface area contributed by atoms with Crippen LogP contribution in [0.25, 0.3) is 0 Å². The van der Waals surface area contributed by atoms with Crippen molar-refractivity contribution < 1.29 is 13.9 Å². The van der Waals surface area contributed by atoms with Gasteiger partial charge in [-0.1, -0.05) is 12.1 Å². The molecule has 7 heteroatoms. The highest BCUT2D eigenvalue weighted by molar-refractivity contribution is 14.0. The molecule has 0 amide bonds. The number of ether oxygens (including phenoxy) is 1. The lowest BCUT2D eigenvalue weighted by Crippen LogP contribution is -2.38. The second-order valence-electron chi connectivity index (χ2n) is 5.49. The number of guanidine groups is 1. The van der Waals surface area contributed by atoms with Gasteiger partial charge in [0, 0.05) is 13.1 Å². The Morgan fingerprint density at radius 2 is 2.04 bits per heavy atom. The first kappa shape index (κ1) is 22.6. The molecule has 24 heavy (non-hydrogen) atoms. The van der Waals surface area contributed by atoms with E-state index in [9.17, 15) is 9.18 Å². The Morgan fingerprint density at radius 1 is 1.33 bits per heavy atom. The largest absolute Gasteiger partial charge is 0.463 e. The van der Waals surface area contributed by atoms with E-state index in [-0.39, 0.29) is 48.3 Å². The Balaban J connectivity index is 0.00000529. The van der Waals surface area contributed by atoms with Crippen LogP contribution in [0.4, 0.5) is 4.39 Å². The average molecular weight is 451 g/mol. The van der Waals surface area contributed by atoms with Gasteiger partial charge in [-0.05, 0) is 44.9 Å². The lowest BCUT2D eigenvalue weighted by Gasteiger charge is -2.12. The minimum Gasteiger partial charge on any atom is -0.463 e. The van der Waals surface area contributed by atoms with Crippen LogP contribution in [-0.2, 0) is 16.1 Å². The third kappa shape index (κ3) is 9.05. The van der Waals surface area contributed by atoms with Crippen molar-refractivity contribution >= 4 is 35.9 Å². The van der Waals surface area contributed by atoms with E-state index in [4.69, 9.17) is 4.74 Å². The number of hydrogen-bond donors (Lipinski definition) is 2. The molecule has 0 aromatic heterocycles. The van der Waals surface area contributed by atoms with Gasteiger partial charge in [0.1, 0.15) is 5.82 Å². The molecule has 0 saturated carbocycles. The fraction of sp³-hybridized carbons (Fsp3) is 0.529. The number of carbonyl (C=O) groups excluding carboxylic acids is 1. The highest BCUT2D eigenvalue weighted by Gasteiger charge is 2.06. The monoisotopic (exact) mass is 451 g/mol. The molecule has 1 aromatic rings. The molecular weight excluding hydrogens is 424 g/mol. The molecule has 0 atom stereocenters. The first-order valence-corrected chi connectivity index (χ1v) is 7.89. The Labute approximate surface area is 160 Å². The molecule has 0 aliphatic rings. The van der Waals surface area contributed by atoms with E-state index in [1.54, 1.807) is 13.0 Å². The van der Waals surface area contributed by atoms with Crippen molar-refractivity contribution in [2.45, 2.75) is 46.8 Å². The van der Waals surface area contributed by atoms with E-state index in [1.807, 2.05) is 26.8 Å². The number of nitrogens with zero attached hydrogens (tertiary/aromatic N) is 1. The summed E-state index contributed by atoms with van der Waals surface area (Å²) in [4.78, 5) is 15.9. The summed E-state index contributed by atoms with van der Waals surface area (Å²) in [5, 5.41) is 6.15. The number of aryl methyl sites for hydroxylation is 1. The number of halogens is 2. The van der Waals surface area contributed by atoms with Crippen LogP contribution in [0.15, 0.2) is 23.2 Å². The van der Waals surface area contributed by atoms with Gasteiger partial charge >= 0.3 is 5.97 Å². The van der Waals surface area contributed by atoms with Crippen LogP contribution in [0.2, 0.25) is 0 Å². The average Bonchev–Trinajstić information content (AvgIpc) is 2.47. The molecule has 0 heterocycles. The van der Waals surface area contributed by atoms with E-state index >= 15 is 0 Å². The number of benzene rings is 1. The molecule has 2 N–H and O–H groups in total. The molecule has 0 aliphatic heterocycles. The molecule has 0 saturated heterocycles. The summed E-state index contributed by atoms with van der Waals surface area (Å²) in [6, 6.07) is 5.08. The highest BCUT2D eigenvalue weighted by Crippen LogP contribution is 2.09. The number of nitrogens with one attached hydrogen (secondary N) is 2. The van der Waals surface area contributed by atoms with Crippen LogP contribution < -0.4 is 10.6 Å². The summed E-state index contributed by atoms with van der Waals surface area (Å²) in [5.74, 6) is 0.113. The number of rotatable bonds is 7. The molecule has 0 bridgehead atoms. The quantitative estimate of drug-likeness (QED) is 0.290. The fourth-order valence-corrected chi connectivity index (χ4v) is 1.85.